The fourth-order valence-corrected chi connectivity index (χ4v) is 1.03. The van der Waals surface area contributed by atoms with Gasteiger partial charge in [-0.3, -0.25) is 5.32 Å². The lowest BCUT2D eigenvalue weighted by atomic mass is 10.1. The molecule has 0 aromatic rings. The summed E-state index contributed by atoms with van der Waals surface area (Å²) in [6.07, 6.45) is 5.77. The highest BCUT2D eigenvalue weighted by atomic mass is 16.3. The molecule has 0 aliphatic rings. The highest BCUT2D eigenvalue weighted by molar-refractivity contribution is 4.66. The van der Waals surface area contributed by atoms with Gasteiger partial charge in [0.15, 0.2) is 0 Å². The van der Waals surface area contributed by atoms with E-state index in [1.54, 1.807) is 0 Å². The summed E-state index contributed by atoms with van der Waals surface area (Å²) in [5, 5.41) is 12.7. The maximum Gasteiger partial charge on any atom is 0.112 e. The molecule has 0 aromatic heterocycles. The molecule has 0 bridgehead atoms. The molecule has 0 amide bonds. The van der Waals surface area contributed by atoms with Gasteiger partial charge in [0, 0.05) is 0 Å². The minimum atomic E-state index is -0.661. The van der Waals surface area contributed by atoms with Gasteiger partial charge >= 0.3 is 0 Å². The summed E-state index contributed by atoms with van der Waals surface area (Å²) in [6, 6.07) is 0. The van der Waals surface area contributed by atoms with Crippen LogP contribution in [0, 0.1) is 0 Å². The normalized spacial score (nSPS) is 16.0. The summed E-state index contributed by atoms with van der Waals surface area (Å²) in [5.41, 5.74) is -0.661. The Labute approximate surface area is 76.4 Å². The van der Waals surface area contributed by atoms with E-state index in [4.69, 9.17) is 0 Å². The monoisotopic (exact) mass is 173 g/mol. The molecule has 0 fully saturated rings. The van der Waals surface area contributed by atoms with Crippen molar-refractivity contribution in [2.45, 2.75) is 58.6 Å². The summed E-state index contributed by atoms with van der Waals surface area (Å²) < 4.78 is 0. The van der Waals surface area contributed by atoms with E-state index in [9.17, 15) is 5.11 Å². The predicted molar refractivity (Wildman–Crippen MR) is 53.1 cm³/mol. The molecule has 0 spiro atoms. The van der Waals surface area contributed by atoms with Crippen molar-refractivity contribution in [1.82, 2.24) is 5.32 Å². The molecule has 0 aliphatic carbocycles. The molecular weight excluding hydrogens is 150 g/mol. The molecule has 0 aliphatic heterocycles. The van der Waals surface area contributed by atoms with Crippen molar-refractivity contribution < 1.29 is 5.11 Å². The number of nitrogens with one attached hydrogen (secondary N) is 1. The Balaban J connectivity index is 3.19. The van der Waals surface area contributed by atoms with Crippen LogP contribution >= 0.6 is 0 Å². The van der Waals surface area contributed by atoms with Crippen LogP contribution in [-0.2, 0) is 0 Å². The number of hydrogen-bond donors (Lipinski definition) is 2. The van der Waals surface area contributed by atoms with Gasteiger partial charge in [-0.05, 0) is 26.3 Å². The van der Waals surface area contributed by atoms with Crippen molar-refractivity contribution in [3.63, 3.8) is 0 Å². The fourth-order valence-electron chi connectivity index (χ4n) is 1.03. The van der Waals surface area contributed by atoms with Gasteiger partial charge in [-0.1, -0.05) is 33.1 Å². The molecule has 2 heteroatoms. The number of hydrogen-bond acceptors (Lipinski definition) is 2. The second kappa shape index (κ2) is 6.44. The zero-order valence-electron chi connectivity index (χ0n) is 8.69. The summed E-state index contributed by atoms with van der Waals surface area (Å²) in [5.74, 6) is 0. The van der Waals surface area contributed by atoms with Crippen LogP contribution in [0.15, 0.2) is 0 Å². The summed E-state index contributed by atoms with van der Waals surface area (Å²) in [6.45, 7) is 6.95. The van der Waals surface area contributed by atoms with Gasteiger partial charge in [-0.25, -0.2) is 0 Å². The Morgan fingerprint density at radius 1 is 1.17 bits per heavy atom. The highest BCUT2D eigenvalue weighted by Crippen LogP contribution is 2.04. The zero-order valence-corrected chi connectivity index (χ0v) is 8.69. The van der Waals surface area contributed by atoms with Crippen LogP contribution in [0.25, 0.3) is 0 Å². The van der Waals surface area contributed by atoms with Crippen molar-refractivity contribution in [2.24, 2.45) is 0 Å². The molecule has 1 unspecified atom stereocenters. The lowest BCUT2D eigenvalue weighted by Crippen LogP contribution is -2.41. The van der Waals surface area contributed by atoms with Gasteiger partial charge in [0.05, 0.1) is 0 Å². The van der Waals surface area contributed by atoms with Crippen LogP contribution in [0.4, 0.5) is 0 Å². The van der Waals surface area contributed by atoms with Crippen LogP contribution < -0.4 is 5.32 Å². The second-order valence-electron chi connectivity index (χ2n) is 3.61. The van der Waals surface area contributed by atoms with Crippen LogP contribution in [0.3, 0.4) is 0 Å². The van der Waals surface area contributed by atoms with Crippen molar-refractivity contribution in [3.05, 3.63) is 0 Å². The second-order valence-corrected chi connectivity index (χ2v) is 3.61. The van der Waals surface area contributed by atoms with E-state index < -0.39 is 5.72 Å². The first-order valence-corrected chi connectivity index (χ1v) is 5.09. The van der Waals surface area contributed by atoms with E-state index in [-0.39, 0.29) is 0 Å². The Bertz CT molecular complexity index is 102. The molecule has 2 N–H and O–H groups in total. The lowest BCUT2D eigenvalue weighted by Gasteiger charge is -2.22. The smallest absolute Gasteiger partial charge is 0.112 e. The van der Waals surface area contributed by atoms with Crippen LogP contribution in [-0.4, -0.2) is 17.4 Å². The predicted octanol–water partition coefficient (Wildman–Crippen LogP) is 2.27. The first-order valence-electron chi connectivity index (χ1n) is 5.09. The molecular formula is C10H23NO. The van der Waals surface area contributed by atoms with Gasteiger partial charge in [-0.2, -0.15) is 0 Å². The number of rotatable bonds is 7. The van der Waals surface area contributed by atoms with Gasteiger partial charge in [0.2, 0.25) is 0 Å². The maximum atomic E-state index is 9.57. The molecule has 1 atom stereocenters. The quantitative estimate of drug-likeness (QED) is 0.457. The van der Waals surface area contributed by atoms with Gasteiger partial charge < -0.3 is 5.11 Å². The number of aliphatic hydroxyl groups is 1. The highest BCUT2D eigenvalue weighted by Gasteiger charge is 2.14. The minimum absolute atomic E-state index is 0.661. The van der Waals surface area contributed by atoms with Gasteiger partial charge in [-0.15, -0.1) is 0 Å². The Hall–Kier alpha value is -0.0800. The zero-order chi connectivity index (χ0) is 9.45. The molecule has 0 heterocycles. The molecule has 0 aromatic carbocycles. The van der Waals surface area contributed by atoms with Crippen molar-refractivity contribution in [3.8, 4) is 0 Å². The first kappa shape index (κ1) is 11.9. The Morgan fingerprint density at radius 2 is 1.83 bits per heavy atom. The van der Waals surface area contributed by atoms with E-state index >= 15 is 0 Å². The SMILES string of the molecule is CCCCCCNC(C)(O)CC. The molecule has 74 valence electrons. The van der Waals surface area contributed by atoms with Crippen LogP contribution in [0.2, 0.25) is 0 Å². The standard InChI is InChI=1S/C10H23NO/c1-4-6-7-8-9-11-10(3,12)5-2/h11-12H,4-9H2,1-3H3. The maximum absolute atomic E-state index is 9.57. The fraction of sp³-hybridized carbons (Fsp3) is 1.00. The summed E-state index contributed by atoms with van der Waals surface area (Å²) in [7, 11) is 0. The Morgan fingerprint density at radius 3 is 2.33 bits per heavy atom. The lowest BCUT2D eigenvalue weighted by molar-refractivity contribution is 0.0203. The third-order valence-corrected chi connectivity index (χ3v) is 2.22. The average Bonchev–Trinajstić information content (AvgIpc) is 2.04. The summed E-state index contributed by atoms with van der Waals surface area (Å²) in [4.78, 5) is 0. The van der Waals surface area contributed by atoms with Crippen molar-refractivity contribution >= 4 is 0 Å². The van der Waals surface area contributed by atoms with Crippen LogP contribution in [0.1, 0.15) is 52.9 Å². The molecule has 0 rings (SSSR count). The third-order valence-electron chi connectivity index (χ3n) is 2.22. The molecule has 0 radical (unpaired) electrons. The van der Waals surface area contributed by atoms with E-state index in [0.29, 0.717) is 0 Å². The largest absolute Gasteiger partial charge is 0.376 e. The molecule has 0 saturated heterocycles. The van der Waals surface area contributed by atoms with Crippen molar-refractivity contribution in [2.75, 3.05) is 6.54 Å². The van der Waals surface area contributed by atoms with E-state index in [1.165, 1.54) is 25.7 Å². The first-order chi connectivity index (χ1) is 5.62. The van der Waals surface area contributed by atoms with Crippen molar-refractivity contribution in [1.29, 1.82) is 0 Å². The van der Waals surface area contributed by atoms with Crippen LogP contribution in [0.5, 0.6) is 0 Å². The Kier molecular flexibility index (Phi) is 6.39. The summed E-state index contributed by atoms with van der Waals surface area (Å²) >= 11 is 0. The van der Waals surface area contributed by atoms with E-state index in [2.05, 4.69) is 12.2 Å². The van der Waals surface area contributed by atoms with E-state index in [1.807, 2.05) is 13.8 Å². The van der Waals surface area contributed by atoms with Gasteiger partial charge in [0.25, 0.3) is 0 Å². The average molecular weight is 173 g/mol. The molecule has 2 nitrogen and oxygen atoms in total. The van der Waals surface area contributed by atoms with Gasteiger partial charge in [0.1, 0.15) is 5.72 Å². The minimum Gasteiger partial charge on any atom is -0.376 e. The molecule has 12 heavy (non-hydrogen) atoms. The number of unbranched alkanes of at least 4 members (excludes halogenated alkanes) is 3. The van der Waals surface area contributed by atoms with E-state index in [0.717, 1.165) is 13.0 Å². The molecule has 0 saturated carbocycles. The topological polar surface area (TPSA) is 32.3 Å². The third kappa shape index (κ3) is 6.62.